The molecule has 0 saturated heterocycles. The van der Waals surface area contributed by atoms with Gasteiger partial charge in [-0.1, -0.05) is 26.3 Å². The Morgan fingerprint density at radius 1 is 1.11 bits per heavy atom. The number of benzene rings is 1. The molecule has 0 spiro atoms. The van der Waals surface area contributed by atoms with E-state index in [0.717, 1.165) is 18.5 Å². The molecule has 0 radical (unpaired) electrons. The Morgan fingerprint density at radius 2 is 1.89 bits per heavy atom. The number of unbranched alkanes of at least 4 members (excludes halogenated alkanes) is 1. The minimum absolute atomic E-state index is 0.0608. The Kier molecular flexibility index (Phi) is 8.46. The van der Waals surface area contributed by atoms with Crippen molar-refractivity contribution in [2.24, 2.45) is 0 Å². The van der Waals surface area contributed by atoms with Gasteiger partial charge in [-0.3, -0.25) is 23.7 Å². The highest BCUT2D eigenvalue weighted by Gasteiger charge is 2.21. The summed E-state index contributed by atoms with van der Waals surface area (Å²) in [6.07, 6.45) is 4.21. The zero-order chi connectivity index (χ0) is 25.5. The zero-order valence-electron chi connectivity index (χ0n) is 21.0. The Hall–Kier alpha value is -3.88. The third-order valence-corrected chi connectivity index (χ3v) is 5.58. The van der Waals surface area contributed by atoms with Crippen LogP contribution in [0.25, 0.3) is 5.65 Å². The number of hydrogen-bond acceptors (Lipinski definition) is 5. The highest BCUT2D eigenvalue weighted by molar-refractivity contribution is 6.04. The van der Waals surface area contributed by atoms with Crippen LogP contribution in [0.15, 0.2) is 42.6 Å². The summed E-state index contributed by atoms with van der Waals surface area (Å²) < 4.78 is 7.35. The minimum atomic E-state index is -0.311. The molecular formula is C26H33N5O4. The molecule has 0 unspecified atom stereocenters. The molecule has 3 amide bonds. The van der Waals surface area contributed by atoms with Gasteiger partial charge in [0.1, 0.15) is 17.2 Å². The summed E-state index contributed by atoms with van der Waals surface area (Å²) in [6, 6.07) is 10.4. The second kappa shape index (κ2) is 11.5. The average Bonchev–Trinajstić information content (AvgIpc) is 3.20. The molecule has 2 heterocycles. The lowest BCUT2D eigenvalue weighted by atomic mass is 10.2. The van der Waals surface area contributed by atoms with Crippen molar-refractivity contribution in [3.05, 3.63) is 53.9 Å². The third-order valence-electron chi connectivity index (χ3n) is 5.58. The van der Waals surface area contributed by atoms with Gasteiger partial charge < -0.3 is 15.0 Å². The van der Waals surface area contributed by atoms with Gasteiger partial charge in [0.15, 0.2) is 6.61 Å². The van der Waals surface area contributed by atoms with Crippen LogP contribution in [0.1, 0.15) is 49.7 Å². The number of ether oxygens (including phenoxy) is 1. The third kappa shape index (κ3) is 6.17. The number of rotatable bonds is 10. The van der Waals surface area contributed by atoms with Crippen molar-refractivity contribution in [2.75, 3.05) is 37.5 Å². The topological polar surface area (TPSA) is 96.2 Å². The maximum atomic E-state index is 13.1. The van der Waals surface area contributed by atoms with Gasteiger partial charge in [0.2, 0.25) is 5.91 Å². The van der Waals surface area contributed by atoms with Crippen molar-refractivity contribution in [2.45, 2.75) is 40.0 Å². The maximum Gasteiger partial charge on any atom is 0.259 e. The first-order valence-corrected chi connectivity index (χ1v) is 11.8. The van der Waals surface area contributed by atoms with E-state index in [1.807, 2.05) is 11.3 Å². The van der Waals surface area contributed by atoms with Gasteiger partial charge in [0, 0.05) is 45.5 Å². The van der Waals surface area contributed by atoms with Crippen LogP contribution in [-0.2, 0) is 16.0 Å². The number of hydrogen-bond donors (Lipinski definition) is 1. The molecule has 0 atom stereocenters. The SMILES string of the molecule is CCCCN(C(C)=O)c1c(CC)nc2ccc(C(=O)Nc3cccc(OCC(=O)N(C)C)c3)cn12. The van der Waals surface area contributed by atoms with E-state index in [0.29, 0.717) is 41.4 Å². The van der Waals surface area contributed by atoms with E-state index >= 15 is 0 Å². The van der Waals surface area contributed by atoms with Gasteiger partial charge in [-0.05, 0) is 37.1 Å². The fourth-order valence-corrected chi connectivity index (χ4v) is 3.61. The fraction of sp³-hybridized carbons (Fsp3) is 0.385. The van der Waals surface area contributed by atoms with Crippen molar-refractivity contribution in [3.8, 4) is 5.75 Å². The summed E-state index contributed by atoms with van der Waals surface area (Å²) in [4.78, 5) is 45.1. The summed E-state index contributed by atoms with van der Waals surface area (Å²) in [5.41, 5.74) is 2.45. The molecule has 9 heteroatoms. The van der Waals surface area contributed by atoms with Crippen molar-refractivity contribution in [1.82, 2.24) is 14.3 Å². The van der Waals surface area contributed by atoms with Crippen LogP contribution in [0.2, 0.25) is 0 Å². The van der Waals surface area contributed by atoms with E-state index < -0.39 is 0 Å². The first-order valence-electron chi connectivity index (χ1n) is 11.8. The molecule has 1 N–H and O–H groups in total. The van der Waals surface area contributed by atoms with E-state index in [2.05, 4.69) is 17.2 Å². The Bertz CT molecular complexity index is 1220. The largest absolute Gasteiger partial charge is 0.484 e. The molecule has 0 bridgehead atoms. The van der Waals surface area contributed by atoms with Crippen LogP contribution in [0, 0.1) is 0 Å². The van der Waals surface area contributed by atoms with Gasteiger partial charge in [-0.2, -0.15) is 0 Å². The molecule has 0 fully saturated rings. The molecule has 9 nitrogen and oxygen atoms in total. The van der Waals surface area contributed by atoms with Crippen molar-refractivity contribution in [1.29, 1.82) is 0 Å². The number of amides is 3. The van der Waals surface area contributed by atoms with E-state index in [9.17, 15) is 14.4 Å². The Labute approximate surface area is 205 Å². The van der Waals surface area contributed by atoms with Crippen LogP contribution >= 0.6 is 0 Å². The quantitative estimate of drug-likeness (QED) is 0.478. The van der Waals surface area contributed by atoms with Gasteiger partial charge in [0.25, 0.3) is 11.8 Å². The van der Waals surface area contributed by atoms with E-state index in [4.69, 9.17) is 4.74 Å². The first-order chi connectivity index (χ1) is 16.7. The number of carbonyl (C=O) groups excluding carboxylic acids is 3. The summed E-state index contributed by atoms with van der Waals surface area (Å²) in [5.74, 6) is 0.655. The minimum Gasteiger partial charge on any atom is -0.484 e. The normalized spacial score (nSPS) is 10.8. The van der Waals surface area contributed by atoms with Crippen LogP contribution in [0.3, 0.4) is 0 Å². The molecule has 0 saturated carbocycles. The predicted octanol–water partition coefficient (Wildman–Crippen LogP) is 3.77. The lowest BCUT2D eigenvalue weighted by Crippen LogP contribution is -2.31. The standard InChI is InChI=1S/C26H33N5O4/c1-6-8-14-30(18(3)32)26-22(7-2)28-23-13-12-19(16-31(23)26)25(34)27-20-10-9-11-21(15-20)35-17-24(33)29(4)5/h9-13,15-16H,6-8,14,17H2,1-5H3,(H,27,34). The smallest absolute Gasteiger partial charge is 0.259 e. The van der Waals surface area contributed by atoms with E-state index in [1.54, 1.807) is 68.5 Å². The lowest BCUT2D eigenvalue weighted by molar-refractivity contribution is -0.130. The summed E-state index contributed by atoms with van der Waals surface area (Å²) in [5, 5.41) is 2.87. The molecule has 1 aromatic carbocycles. The van der Waals surface area contributed by atoms with E-state index in [1.165, 1.54) is 4.90 Å². The molecule has 3 aromatic rings. The predicted molar refractivity (Wildman–Crippen MR) is 136 cm³/mol. The van der Waals surface area contributed by atoms with Gasteiger partial charge >= 0.3 is 0 Å². The van der Waals surface area contributed by atoms with Crippen LogP contribution in [0.4, 0.5) is 11.5 Å². The zero-order valence-corrected chi connectivity index (χ0v) is 21.0. The molecule has 3 rings (SSSR count). The molecule has 186 valence electrons. The monoisotopic (exact) mass is 479 g/mol. The van der Waals surface area contributed by atoms with Crippen LogP contribution < -0.4 is 15.0 Å². The first kappa shape index (κ1) is 25.7. The number of aryl methyl sites for hydroxylation is 1. The summed E-state index contributed by atoms with van der Waals surface area (Å²) in [7, 11) is 3.32. The number of carbonyl (C=O) groups is 3. The number of pyridine rings is 1. The number of nitrogens with one attached hydrogen (secondary N) is 1. The number of anilines is 2. The number of fused-ring (bicyclic) bond motifs is 1. The van der Waals surface area contributed by atoms with E-state index in [-0.39, 0.29) is 24.3 Å². The lowest BCUT2D eigenvalue weighted by Gasteiger charge is -2.21. The van der Waals surface area contributed by atoms with Gasteiger partial charge in [-0.15, -0.1) is 0 Å². The van der Waals surface area contributed by atoms with Gasteiger partial charge in [0.05, 0.1) is 11.3 Å². The number of likely N-dealkylation sites (N-methyl/N-ethyl adjacent to an activating group) is 1. The number of aromatic nitrogens is 2. The summed E-state index contributed by atoms with van der Waals surface area (Å²) in [6.45, 7) is 6.13. The second-order valence-corrected chi connectivity index (χ2v) is 8.46. The molecular weight excluding hydrogens is 446 g/mol. The van der Waals surface area contributed by atoms with Crippen molar-refractivity contribution >= 4 is 34.9 Å². The van der Waals surface area contributed by atoms with Crippen LogP contribution in [0.5, 0.6) is 5.75 Å². The molecule has 0 aliphatic heterocycles. The Balaban J connectivity index is 1.86. The highest BCUT2D eigenvalue weighted by Crippen LogP contribution is 2.25. The molecule has 35 heavy (non-hydrogen) atoms. The van der Waals surface area contributed by atoms with Crippen molar-refractivity contribution in [3.63, 3.8) is 0 Å². The Morgan fingerprint density at radius 3 is 2.54 bits per heavy atom. The number of imidazole rings is 1. The molecule has 2 aromatic heterocycles. The second-order valence-electron chi connectivity index (χ2n) is 8.46. The van der Waals surface area contributed by atoms with Crippen LogP contribution in [-0.4, -0.2) is 59.3 Å². The summed E-state index contributed by atoms with van der Waals surface area (Å²) >= 11 is 0. The fourth-order valence-electron chi connectivity index (χ4n) is 3.61. The molecule has 0 aliphatic rings. The highest BCUT2D eigenvalue weighted by atomic mass is 16.5. The maximum absolute atomic E-state index is 13.1. The average molecular weight is 480 g/mol. The number of nitrogens with zero attached hydrogens (tertiary/aromatic N) is 4. The van der Waals surface area contributed by atoms with Crippen molar-refractivity contribution < 1.29 is 19.1 Å². The molecule has 0 aliphatic carbocycles. The van der Waals surface area contributed by atoms with Gasteiger partial charge in [-0.25, -0.2) is 4.98 Å².